The largest absolute Gasteiger partial charge is 3.00 e. The topological polar surface area (TPSA) is 68.6 Å². The van der Waals surface area contributed by atoms with Gasteiger partial charge in [-0.15, -0.1) is 0 Å². The Morgan fingerprint density at radius 3 is 1.57 bits per heavy atom. The van der Waals surface area contributed by atoms with Gasteiger partial charge in [-0.1, -0.05) is 0 Å². The van der Waals surface area contributed by atoms with Crippen molar-refractivity contribution in [1.29, 1.82) is 0 Å². The van der Waals surface area contributed by atoms with E-state index in [0.29, 0.717) is 0 Å². The minimum atomic E-state index is -1.08. The van der Waals surface area contributed by atoms with Crippen LogP contribution in [-0.4, -0.2) is 5.97 Å². The van der Waals surface area contributed by atoms with Gasteiger partial charge in [0.15, 0.2) is 0 Å². The molecule has 0 heterocycles. The molecule has 0 saturated heterocycles. The predicted octanol–water partition coefficient (Wildman–Crippen LogP) is -1.37. The Kier molecular flexibility index (Phi) is 59.7. The third-order valence-corrected chi connectivity index (χ3v) is 0. The molecule has 0 aliphatic heterocycles. The van der Waals surface area contributed by atoms with Gasteiger partial charge in [-0.3, -0.25) is 0 Å². The van der Waals surface area contributed by atoms with Gasteiger partial charge < -0.3 is 15.4 Å². The van der Waals surface area contributed by atoms with E-state index in [0.717, 1.165) is 6.92 Å². The molecule has 0 bridgehead atoms. The molecule has 0 aromatic heterocycles. The summed E-state index contributed by atoms with van der Waals surface area (Å²) >= 11 is 0. The molecule has 0 aromatic rings. The summed E-state index contributed by atoms with van der Waals surface area (Å²) < 4.78 is 0. The number of carboxylic acid groups (broad SMARTS) is 1. The van der Waals surface area contributed by atoms with Crippen LogP contribution >= 0.6 is 0 Å². The summed E-state index contributed by atoms with van der Waals surface area (Å²) in [5.74, 6) is -1.08. The van der Waals surface area contributed by atoms with Crippen LogP contribution in [0.2, 0.25) is 0 Å². The number of carbonyl (C=O) groups excluding carboxylic acids is 1. The van der Waals surface area contributed by atoms with Crippen LogP contribution in [0.5, 0.6) is 0 Å². The van der Waals surface area contributed by atoms with E-state index < -0.39 is 5.97 Å². The molecule has 0 N–H and O–H groups in total. The van der Waals surface area contributed by atoms with Crippen molar-refractivity contribution in [3.05, 3.63) is 0 Å². The first-order chi connectivity index (χ1) is 1.73. The average molecular weight is 187 g/mol. The fourth-order valence-corrected chi connectivity index (χ4v) is 0. The van der Waals surface area contributed by atoms with Gasteiger partial charge in [0.2, 0.25) is 0 Å². The van der Waals surface area contributed by atoms with Crippen molar-refractivity contribution in [2.45, 2.75) is 6.92 Å². The van der Waals surface area contributed by atoms with Crippen molar-refractivity contribution >= 4 is 5.97 Å². The van der Waals surface area contributed by atoms with E-state index in [9.17, 15) is 0 Å². The van der Waals surface area contributed by atoms with Gasteiger partial charge in [-0.25, -0.2) is 0 Å². The molecular formula is C2H3Fe2O3+2. The maximum atomic E-state index is 8.89. The van der Waals surface area contributed by atoms with E-state index in [1.807, 2.05) is 0 Å². The number of hydrogen-bond donors (Lipinski definition) is 0. The Balaban J connectivity index is -0.0000000150. The zero-order chi connectivity index (χ0) is 3.58. The van der Waals surface area contributed by atoms with E-state index in [4.69, 9.17) is 9.90 Å². The van der Waals surface area contributed by atoms with E-state index in [1.54, 1.807) is 0 Å². The Morgan fingerprint density at radius 1 is 1.57 bits per heavy atom. The standard InChI is InChI=1S/C2H4O2.2Fe.O/c1-2(3)4;;;/h1H3,(H,3,4);;;/q;+2;+3;-2/p-1. The number of carboxylic acids is 1. The van der Waals surface area contributed by atoms with Crippen LogP contribution in [0.1, 0.15) is 6.92 Å². The van der Waals surface area contributed by atoms with Crippen molar-refractivity contribution < 1.29 is 49.5 Å². The van der Waals surface area contributed by atoms with Crippen LogP contribution < -0.4 is 5.11 Å². The Bertz CT molecular complexity index is 33.9. The number of hydrogen-bond acceptors (Lipinski definition) is 2. The van der Waals surface area contributed by atoms with Crippen LogP contribution in [0.3, 0.4) is 0 Å². The summed E-state index contributed by atoms with van der Waals surface area (Å²) in [5.41, 5.74) is 0. The summed E-state index contributed by atoms with van der Waals surface area (Å²) in [4.78, 5) is 8.89. The van der Waals surface area contributed by atoms with E-state index in [1.165, 1.54) is 0 Å². The van der Waals surface area contributed by atoms with E-state index in [2.05, 4.69) is 0 Å². The monoisotopic (exact) mass is 187 g/mol. The third-order valence-electron chi connectivity index (χ3n) is 0. The van der Waals surface area contributed by atoms with Gasteiger partial charge >= 0.3 is 34.1 Å². The SMILES string of the molecule is CC(=O)[O-].[Fe+2].[Fe+3].[O-2]. The molecule has 0 aliphatic rings. The molecular weight excluding hydrogens is 184 g/mol. The number of carbonyl (C=O) groups is 1. The summed E-state index contributed by atoms with van der Waals surface area (Å²) in [5, 5.41) is 8.89. The predicted molar refractivity (Wildman–Crippen MR) is 11.4 cm³/mol. The Morgan fingerprint density at radius 2 is 1.57 bits per heavy atom. The Hall–Kier alpha value is 0.469. The second-order valence-electron chi connectivity index (χ2n) is 0.492. The first kappa shape index (κ1) is 26.0. The molecule has 0 unspecified atom stereocenters. The van der Waals surface area contributed by atoms with E-state index in [-0.39, 0.29) is 39.6 Å². The molecule has 43 valence electrons. The minimum absolute atomic E-state index is 0. The fraction of sp³-hybridized carbons (Fsp3) is 0.500. The van der Waals surface area contributed by atoms with Gasteiger partial charge in [-0.05, 0) is 6.92 Å². The third kappa shape index (κ3) is 587. The summed E-state index contributed by atoms with van der Waals surface area (Å²) in [6.45, 7) is 0.972. The average Bonchev–Trinajstić information content (AvgIpc) is 0.811. The molecule has 0 fully saturated rings. The van der Waals surface area contributed by atoms with Gasteiger partial charge in [0, 0.05) is 5.97 Å². The zero-order valence-corrected chi connectivity index (χ0v) is 5.64. The molecule has 5 heteroatoms. The fourth-order valence-electron chi connectivity index (χ4n) is 0. The molecule has 0 spiro atoms. The van der Waals surface area contributed by atoms with Crippen LogP contribution in [0, 0.1) is 0 Å². The molecule has 0 aliphatic carbocycles. The molecule has 7 heavy (non-hydrogen) atoms. The minimum Gasteiger partial charge on any atom is -2.00 e. The van der Waals surface area contributed by atoms with Gasteiger partial charge in [0.25, 0.3) is 0 Å². The van der Waals surface area contributed by atoms with Gasteiger partial charge in [-0.2, -0.15) is 0 Å². The normalized spacial score (nSPS) is 3.57. The zero-order valence-electron chi connectivity index (χ0n) is 3.43. The molecule has 0 rings (SSSR count). The number of rotatable bonds is 0. The van der Waals surface area contributed by atoms with Crippen molar-refractivity contribution in [3.8, 4) is 0 Å². The van der Waals surface area contributed by atoms with Crippen molar-refractivity contribution in [2.75, 3.05) is 0 Å². The van der Waals surface area contributed by atoms with Crippen molar-refractivity contribution in [1.82, 2.24) is 0 Å². The molecule has 3 nitrogen and oxygen atoms in total. The van der Waals surface area contributed by atoms with Gasteiger partial charge in [0.1, 0.15) is 0 Å². The molecule has 0 saturated carbocycles. The van der Waals surface area contributed by atoms with E-state index >= 15 is 0 Å². The summed E-state index contributed by atoms with van der Waals surface area (Å²) in [6, 6.07) is 0. The van der Waals surface area contributed by atoms with Gasteiger partial charge in [0.05, 0.1) is 0 Å². The van der Waals surface area contributed by atoms with Crippen LogP contribution in [0.4, 0.5) is 0 Å². The van der Waals surface area contributed by atoms with Crippen LogP contribution in [0.25, 0.3) is 0 Å². The molecule has 1 radical (unpaired) electrons. The maximum absolute atomic E-state index is 8.89. The molecule has 0 amide bonds. The second kappa shape index (κ2) is 16.1. The van der Waals surface area contributed by atoms with Crippen LogP contribution in [0.15, 0.2) is 0 Å². The first-order valence-electron chi connectivity index (χ1n) is 0.908. The van der Waals surface area contributed by atoms with Crippen molar-refractivity contribution in [3.63, 3.8) is 0 Å². The number of aliphatic carboxylic acids is 1. The second-order valence-corrected chi connectivity index (χ2v) is 0.492. The Labute approximate surface area is 62.7 Å². The summed E-state index contributed by atoms with van der Waals surface area (Å²) in [7, 11) is 0. The maximum Gasteiger partial charge on any atom is 3.00 e. The molecule has 0 atom stereocenters. The smallest absolute Gasteiger partial charge is 2.00 e. The summed E-state index contributed by atoms with van der Waals surface area (Å²) in [6.07, 6.45) is 0. The van der Waals surface area contributed by atoms with Crippen molar-refractivity contribution in [2.24, 2.45) is 0 Å². The molecule has 0 aromatic carbocycles. The quantitative estimate of drug-likeness (QED) is 0.439. The first-order valence-corrected chi connectivity index (χ1v) is 0.908. The van der Waals surface area contributed by atoms with Crippen LogP contribution in [-0.2, 0) is 44.4 Å².